The normalized spacial score (nSPS) is 9.80. The molecule has 1 aromatic heterocycles. The van der Waals surface area contributed by atoms with Crippen molar-refractivity contribution in [3.05, 3.63) is 64.1 Å². The Bertz CT molecular complexity index is 727. The van der Waals surface area contributed by atoms with Crippen molar-refractivity contribution in [2.24, 2.45) is 0 Å². The van der Waals surface area contributed by atoms with Crippen molar-refractivity contribution in [3.8, 4) is 11.8 Å². The number of nitriles is 1. The number of aromatic nitrogens is 1. The SMILES string of the molecule is CCOC(=O)c1ccc(C#N)n(-c2ccccc2)c1=O. The molecule has 2 aromatic rings. The zero-order chi connectivity index (χ0) is 14.5. The minimum atomic E-state index is -0.688. The summed E-state index contributed by atoms with van der Waals surface area (Å²) in [6.45, 7) is 1.85. The van der Waals surface area contributed by atoms with Gasteiger partial charge < -0.3 is 4.74 Å². The Morgan fingerprint density at radius 1 is 1.25 bits per heavy atom. The average Bonchev–Trinajstić information content (AvgIpc) is 2.47. The van der Waals surface area contributed by atoms with Crippen LogP contribution in [0.5, 0.6) is 0 Å². The van der Waals surface area contributed by atoms with Crippen molar-refractivity contribution in [2.75, 3.05) is 6.61 Å². The van der Waals surface area contributed by atoms with Gasteiger partial charge in [-0.15, -0.1) is 0 Å². The molecule has 0 bridgehead atoms. The first-order chi connectivity index (χ1) is 9.69. The maximum Gasteiger partial charge on any atom is 0.343 e. The van der Waals surface area contributed by atoms with Crippen LogP contribution in [0.4, 0.5) is 0 Å². The van der Waals surface area contributed by atoms with Crippen LogP contribution in [0.15, 0.2) is 47.3 Å². The van der Waals surface area contributed by atoms with E-state index in [-0.39, 0.29) is 17.9 Å². The number of esters is 1. The van der Waals surface area contributed by atoms with Gasteiger partial charge in [-0.3, -0.25) is 9.36 Å². The lowest BCUT2D eigenvalue weighted by Gasteiger charge is -2.09. The number of nitrogens with zero attached hydrogens (tertiary/aromatic N) is 2. The van der Waals surface area contributed by atoms with Crippen LogP contribution in [0.3, 0.4) is 0 Å². The monoisotopic (exact) mass is 268 g/mol. The van der Waals surface area contributed by atoms with Gasteiger partial charge in [-0.25, -0.2) is 4.79 Å². The predicted octanol–water partition coefficient (Wildman–Crippen LogP) is 1.89. The molecule has 20 heavy (non-hydrogen) atoms. The second-order valence-electron chi connectivity index (χ2n) is 3.94. The van der Waals surface area contributed by atoms with Crippen molar-refractivity contribution >= 4 is 5.97 Å². The van der Waals surface area contributed by atoms with Crippen molar-refractivity contribution in [2.45, 2.75) is 6.92 Å². The van der Waals surface area contributed by atoms with Crippen molar-refractivity contribution in [3.63, 3.8) is 0 Å². The highest BCUT2D eigenvalue weighted by atomic mass is 16.5. The number of ether oxygens (including phenoxy) is 1. The van der Waals surface area contributed by atoms with Crippen LogP contribution in [0.1, 0.15) is 23.0 Å². The summed E-state index contributed by atoms with van der Waals surface area (Å²) in [5.41, 5.74) is 0.0397. The number of para-hydroxylation sites is 1. The molecule has 0 radical (unpaired) electrons. The van der Waals surface area contributed by atoms with E-state index in [0.29, 0.717) is 5.69 Å². The average molecular weight is 268 g/mol. The fraction of sp³-hybridized carbons (Fsp3) is 0.133. The van der Waals surface area contributed by atoms with Crippen LogP contribution in [-0.2, 0) is 4.74 Å². The molecule has 0 aliphatic heterocycles. The minimum Gasteiger partial charge on any atom is -0.462 e. The van der Waals surface area contributed by atoms with Crippen LogP contribution in [0.2, 0.25) is 0 Å². The van der Waals surface area contributed by atoms with Gasteiger partial charge in [-0.05, 0) is 31.2 Å². The molecule has 0 saturated carbocycles. The number of hydrogen-bond acceptors (Lipinski definition) is 4. The third-order valence-electron chi connectivity index (χ3n) is 2.71. The molecule has 2 rings (SSSR count). The standard InChI is InChI=1S/C15H12N2O3/c1-2-20-15(19)13-9-8-12(10-16)17(14(13)18)11-6-4-3-5-7-11/h3-9H,2H2,1H3. The van der Waals surface area contributed by atoms with Gasteiger partial charge in [-0.1, -0.05) is 18.2 Å². The van der Waals surface area contributed by atoms with Crippen LogP contribution >= 0.6 is 0 Å². The van der Waals surface area contributed by atoms with Crippen molar-refractivity contribution < 1.29 is 9.53 Å². The van der Waals surface area contributed by atoms with Gasteiger partial charge in [0.15, 0.2) is 0 Å². The molecule has 100 valence electrons. The first-order valence-corrected chi connectivity index (χ1v) is 6.07. The lowest BCUT2D eigenvalue weighted by atomic mass is 10.2. The molecule has 1 aromatic carbocycles. The summed E-state index contributed by atoms with van der Waals surface area (Å²) in [5.74, 6) is -0.688. The maximum absolute atomic E-state index is 12.4. The molecule has 0 saturated heterocycles. The number of carbonyl (C=O) groups excluding carboxylic acids is 1. The third kappa shape index (κ3) is 2.45. The highest BCUT2D eigenvalue weighted by Gasteiger charge is 2.16. The molecule has 0 N–H and O–H groups in total. The summed E-state index contributed by atoms with van der Waals surface area (Å²) >= 11 is 0. The summed E-state index contributed by atoms with van der Waals surface area (Å²) in [7, 11) is 0. The van der Waals surface area contributed by atoms with Gasteiger partial charge >= 0.3 is 5.97 Å². The van der Waals surface area contributed by atoms with E-state index in [2.05, 4.69) is 0 Å². The minimum absolute atomic E-state index is 0.0882. The number of pyridine rings is 1. The molecule has 5 heteroatoms. The Labute approximate surface area is 115 Å². The fourth-order valence-electron chi connectivity index (χ4n) is 1.82. The molecular formula is C15H12N2O3. The summed E-state index contributed by atoms with van der Waals surface area (Å²) in [5, 5.41) is 9.11. The van der Waals surface area contributed by atoms with Crippen molar-refractivity contribution in [1.29, 1.82) is 5.26 Å². The van der Waals surface area contributed by atoms with Gasteiger partial charge in [0.25, 0.3) is 5.56 Å². The maximum atomic E-state index is 12.4. The number of carbonyl (C=O) groups is 1. The van der Waals surface area contributed by atoms with Gasteiger partial charge in [0.2, 0.25) is 0 Å². The lowest BCUT2D eigenvalue weighted by molar-refractivity contribution is 0.0524. The first-order valence-electron chi connectivity index (χ1n) is 6.07. The van der Waals surface area contributed by atoms with Gasteiger partial charge in [-0.2, -0.15) is 5.26 Å². The molecule has 0 spiro atoms. The van der Waals surface area contributed by atoms with Crippen LogP contribution < -0.4 is 5.56 Å². The smallest absolute Gasteiger partial charge is 0.343 e. The molecule has 0 aliphatic carbocycles. The summed E-state index contributed by atoms with van der Waals surface area (Å²) < 4.78 is 6.04. The molecule has 1 heterocycles. The molecule has 0 amide bonds. The van der Waals surface area contributed by atoms with Gasteiger partial charge in [0, 0.05) is 5.69 Å². The first kappa shape index (κ1) is 13.6. The van der Waals surface area contributed by atoms with E-state index in [1.807, 2.05) is 6.07 Å². The quantitative estimate of drug-likeness (QED) is 0.797. The number of hydrogen-bond donors (Lipinski definition) is 0. The zero-order valence-electron chi connectivity index (χ0n) is 10.9. The van der Waals surface area contributed by atoms with Gasteiger partial charge in [0.1, 0.15) is 17.3 Å². The van der Waals surface area contributed by atoms with Crippen LogP contribution in [0, 0.1) is 11.3 Å². The van der Waals surface area contributed by atoms with Crippen LogP contribution in [0.25, 0.3) is 5.69 Å². The van der Waals surface area contributed by atoms with E-state index in [1.54, 1.807) is 37.3 Å². The Morgan fingerprint density at radius 2 is 1.95 bits per heavy atom. The van der Waals surface area contributed by atoms with E-state index in [0.717, 1.165) is 0 Å². The highest BCUT2D eigenvalue weighted by Crippen LogP contribution is 2.09. The highest BCUT2D eigenvalue weighted by molar-refractivity contribution is 5.89. The zero-order valence-corrected chi connectivity index (χ0v) is 10.9. The number of benzene rings is 1. The largest absolute Gasteiger partial charge is 0.462 e. The Balaban J connectivity index is 2.67. The Hall–Kier alpha value is -2.87. The van der Waals surface area contributed by atoms with E-state index in [9.17, 15) is 9.59 Å². The second-order valence-corrected chi connectivity index (χ2v) is 3.94. The van der Waals surface area contributed by atoms with Crippen molar-refractivity contribution in [1.82, 2.24) is 4.57 Å². The van der Waals surface area contributed by atoms with E-state index in [4.69, 9.17) is 10.00 Å². The van der Waals surface area contributed by atoms with Gasteiger partial charge in [0.05, 0.1) is 6.61 Å². The predicted molar refractivity (Wildman–Crippen MR) is 72.7 cm³/mol. The van der Waals surface area contributed by atoms with Crippen LogP contribution in [-0.4, -0.2) is 17.1 Å². The third-order valence-corrected chi connectivity index (χ3v) is 2.71. The Kier molecular flexibility index (Phi) is 3.96. The van der Waals surface area contributed by atoms with E-state index in [1.165, 1.54) is 16.7 Å². The topological polar surface area (TPSA) is 72.1 Å². The molecule has 0 fully saturated rings. The fourth-order valence-corrected chi connectivity index (χ4v) is 1.82. The molecule has 5 nitrogen and oxygen atoms in total. The molecule has 0 unspecified atom stereocenters. The summed E-state index contributed by atoms with van der Waals surface area (Å²) in [4.78, 5) is 24.1. The van der Waals surface area contributed by atoms with E-state index >= 15 is 0 Å². The van der Waals surface area contributed by atoms with E-state index < -0.39 is 11.5 Å². The molecule has 0 atom stereocenters. The second kappa shape index (κ2) is 5.85. The molecule has 0 aliphatic rings. The summed E-state index contributed by atoms with van der Waals surface area (Å²) in [6.07, 6.45) is 0. The lowest BCUT2D eigenvalue weighted by Crippen LogP contribution is -2.27. The molecular weight excluding hydrogens is 256 g/mol. The summed E-state index contributed by atoms with van der Waals surface area (Å²) in [6, 6.07) is 13.4. The number of rotatable bonds is 3. The Morgan fingerprint density at radius 3 is 2.55 bits per heavy atom.